The van der Waals surface area contributed by atoms with Gasteiger partial charge in [0.1, 0.15) is 0 Å². The highest BCUT2D eigenvalue weighted by molar-refractivity contribution is 5.39. The van der Waals surface area contributed by atoms with Gasteiger partial charge in [-0.1, -0.05) is 75.3 Å². The number of unbranched alkanes of at least 4 members (excludes halogenated alkanes) is 1. The minimum absolute atomic E-state index is 0.599. The average molecular weight is 333 g/mol. The van der Waals surface area contributed by atoms with Crippen LogP contribution in [-0.4, -0.2) is 0 Å². The van der Waals surface area contributed by atoms with Gasteiger partial charge in [0.05, 0.1) is 0 Å². The van der Waals surface area contributed by atoms with E-state index in [1.54, 1.807) is 0 Å². The zero-order valence-corrected chi connectivity index (χ0v) is 16.0. The summed E-state index contributed by atoms with van der Waals surface area (Å²) in [4.78, 5) is 0. The molecule has 0 aliphatic heterocycles. The van der Waals surface area contributed by atoms with Crippen LogP contribution in [0.1, 0.15) is 76.3 Å². The van der Waals surface area contributed by atoms with Crippen molar-refractivity contribution >= 4 is 0 Å². The molecule has 1 saturated carbocycles. The molecule has 0 radical (unpaired) electrons. The van der Waals surface area contributed by atoms with Gasteiger partial charge in [-0.05, 0) is 67.9 Å². The molecule has 1 aliphatic rings. The summed E-state index contributed by atoms with van der Waals surface area (Å²) in [6.45, 7) is 4.49. The van der Waals surface area contributed by atoms with Gasteiger partial charge in [-0.2, -0.15) is 0 Å². The van der Waals surface area contributed by atoms with Gasteiger partial charge in [0.15, 0.2) is 0 Å². The normalized spacial score (nSPS) is 19.8. The fourth-order valence-electron chi connectivity index (χ4n) is 3.51. The minimum Gasteiger partial charge on any atom is -0.0951 e. The third-order valence-electron chi connectivity index (χ3n) is 5.06. The topological polar surface area (TPSA) is 0 Å². The van der Waals surface area contributed by atoms with Gasteiger partial charge in [0.2, 0.25) is 0 Å². The van der Waals surface area contributed by atoms with Crippen molar-refractivity contribution in [1.82, 2.24) is 0 Å². The number of allylic oxidation sites excluding steroid dienone is 2. The first kappa shape index (κ1) is 19.4. The van der Waals surface area contributed by atoms with E-state index in [0.717, 1.165) is 17.9 Å². The smallest absolute Gasteiger partial charge is 0.0249 e. The maximum absolute atomic E-state index is 3.41. The summed E-state index contributed by atoms with van der Waals surface area (Å²) < 4.78 is 0. The summed E-state index contributed by atoms with van der Waals surface area (Å²) in [5.74, 6) is 14.4. The average Bonchev–Trinajstić information content (AvgIpc) is 2.65. The van der Waals surface area contributed by atoms with Crippen LogP contribution < -0.4 is 0 Å². The molecular weight excluding hydrogens is 300 g/mol. The predicted octanol–water partition coefficient (Wildman–Crippen LogP) is 6.55. The van der Waals surface area contributed by atoms with Crippen molar-refractivity contribution < 1.29 is 0 Å². The fraction of sp³-hybridized carbons (Fsp3) is 0.520. The molecule has 0 saturated heterocycles. The van der Waals surface area contributed by atoms with Gasteiger partial charge in [0, 0.05) is 11.5 Å². The number of rotatable bonds is 5. The lowest BCUT2D eigenvalue weighted by Crippen LogP contribution is -2.13. The SMILES string of the molecule is CCCCC1CCC(C#CC=CC#Cc2ccc(CCC)cc2)CC1. The quantitative estimate of drug-likeness (QED) is 0.536. The molecule has 1 fully saturated rings. The van der Waals surface area contributed by atoms with Crippen molar-refractivity contribution in [2.24, 2.45) is 11.8 Å². The second-order valence-electron chi connectivity index (χ2n) is 7.20. The van der Waals surface area contributed by atoms with Gasteiger partial charge in [-0.3, -0.25) is 0 Å². The summed E-state index contributed by atoms with van der Waals surface area (Å²) in [5, 5.41) is 0. The lowest BCUT2D eigenvalue weighted by molar-refractivity contribution is 0.296. The molecule has 0 unspecified atom stereocenters. The molecule has 132 valence electrons. The summed E-state index contributed by atoms with van der Waals surface area (Å²) in [7, 11) is 0. The number of hydrogen-bond donors (Lipinski definition) is 0. The Morgan fingerprint density at radius 2 is 1.64 bits per heavy atom. The first-order chi connectivity index (χ1) is 12.3. The summed E-state index contributed by atoms with van der Waals surface area (Å²) in [6.07, 6.45) is 15.6. The molecule has 0 amide bonds. The van der Waals surface area contributed by atoms with E-state index < -0.39 is 0 Å². The molecule has 1 aromatic rings. The molecule has 0 bridgehead atoms. The molecule has 1 aromatic carbocycles. The molecule has 0 heterocycles. The predicted molar refractivity (Wildman–Crippen MR) is 109 cm³/mol. The zero-order chi connectivity index (χ0) is 17.7. The Morgan fingerprint density at radius 1 is 0.920 bits per heavy atom. The third-order valence-corrected chi connectivity index (χ3v) is 5.06. The van der Waals surface area contributed by atoms with Crippen molar-refractivity contribution in [2.75, 3.05) is 0 Å². The fourth-order valence-corrected chi connectivity index (χ4v) is 3.51. The molecule has 0 nitrogen and oxygen atoms in total. The van der Waals surface area contributed by atoms with E-state index in [-0.39, 0.29) is 0 Å². The summed E-state index contributed by atoms with van der Waals surface area (Å²) in [6, 6.07) is 8.56. The van der Waals surface area contributed by atoms with Crippen molar-refractivity contribution in [2.45, 2.75) is 71.6 Å². The minimum atomic E-state index is 0.599. The first-order valence-corrected chi connectivity index (χ1v) is 10.1. The molecule has 0 aromatic heterocycles. The zero-order valence-electron chi connectivity index (χ0n) is 16.0. The lowest BCUT2D eigenvalue weighted by atomic mass is 9.80. The van der Waals surface area contributed by atoms with Crippen LogP contribution in [0.2, 0.25) is 0 Å². The Balaban J connectivity index is 1.73. The van der Waals surface area contributed by atoms with Crippen LogP contribution in [0.3, 0.4) is 0 Å². The van der Waals surface area contributed by atoms with Crippen molar-refractivity contribution in [1.29, 1.82) is 0 Å². The highest BCUT2D eigenvalue weighted by Crippen LogP contribution is 2.31. The van der Waals surface area contributed by atoms with Crippen molar-refractivity contribution in [3.05, 3.63) is 47.5 Å². The third kappa shape index (κ3) is 7.67. The maximum atomic E-state index is 3.41. The van der Waals surface area contributed by atoms with Gasteiger partial charge in [0.25, 0.3) is 0 Å². The van der Waals surface area contributed by atoms with Gasteiger partial charge < -0.3 is 0 Å². The van der Waals surface area contributed by atoms with E-state index in [9.17, 15) is 0 Å². The lowest BCUT2D eigenvalue weighted by Gasteiger charge is -2.25. The number of hydrogen-bond acceptors (Lipinski definition) is 0. The van der Waals surface area contributed by atoms with E-state index in [0.29, 0.717) is 5.92 Å². The van der Waals surface area contributed by atoms with E-state index in [1.807, 2.05) is 12.2 Å². The van der Waals surface area contributed by atoms with Crippen LogP contribution in [0.5, 0.6) is 0 Å². The molecule has 0 heteroatoms. The van der Waals surface area contributed by atoms with Crippen LogP contribution in [0.15, 0.2) is 36.4 Å². The van der Waals surface area contributed by atoms with Gasteiger partial charge in [-0.15, -0.1) is 0 Å². The number of aryl methyl sites for hydroxylation is 1. The van der Waals surface area contributed by atoms with Crippen LogP contribution in [0.25, 0.3) is 0 Å². The van der Waals surface area contributed by atoms with E-state index in [4.69, 9.17) is 0 Å². The molecule has 1 aliphatic carbocycles. The Labute approximate surface area is 155 Å². The van der Waals surface area contributed by atoms with E-state index >= 15 is 0 Å². The molecule has 0 spiro atoms. The number of benzene rings is 1. The molecule has 25 heavy (non-hydrogen) atoms. The molecule has 0 atom stereocenters. The van der Waals surface area contributed by atoms with E-state index in [1.165, 1.54) is 56.9 Å². The Morgan fingerprint density at radius 3 is 2.32 bits per heavy atom. The van der Waals surface area contributed by atoms with Crippen LogP contribution in [0, 0.1) is 35.5 Å². The van der Waals surface area contributed by atoms with Crippen LogP contribution in [-0.2, 0) is 6.42 Å². The Hall–Kier alpha value is -1.92. The highest BCUT2D eigenvalue weighted by Gasteiger charge is 2.18. The second kappa shape index (κ2) is 11.6. The standard InChI is InChI=1S/C25H32/c1-3-5-11-23-18-20-25(21-19-23)13-9-7-6-8-12-24-16-14-22(10-4-2)15-17-24/h6-7,14-17,23,25H,3-5,10-11,18-21H2,1-2H3. The Bertz CT molecular complexity index is 631. The van der Waals surface area contributed by atoms with Gasteiger partial charge >= 0.3 is 0 Å². The first-order valence-electron chi connectivity index (χ1n) is 10.1. The maximum Gasteiger partial charge on any atom is 0.0249 e. The largest absolute Gasteiger partial charge is 0.0951 e. The van der Waals surface area contributed by atoms with Gasteiger partial charge in [-0.25, -0.2) is 0 Å². The monoisotopic (exact) mass is 332 g/mol. The molecule has 2 rings (SSSR count). The summed E-state index contributed by atoms with van der Waals surface area (Å²) in [5.41, 5.74) is 2.46. The van der Waals surface area contributed by atoms with Crippen LogP contribution >= 0.6 is 0 Å². The van der Waals surface area contributed by atoms with E-state index in [2.05, 4.69) is 61.8 Å². The molecular formula is C25H32. The van der Waals surface area contributed by atoms with Crippen LogP contribution in [0.4, 0.5) is 0 Å². The van der Waals surface area contributed by atoms with Crippen molar-refractivity contribution in [3.63, 3.8) is 0 Å². The Kier molecular flexibility index (Phi) is 9.01. The second-order valence-corrected chi connectivity index (χ2v) is 7.20. The van der Waals surface area contributed by atoms with Crippen molar-refractivity contribution in [3.8, 4) is 23.7 Å². The highest BCUT2D eigenvalue weighted by atomic mass is 14.2. The molecule has 0 N–H and O–H groups in total. The summed E-state index contributed by atoms with van der Waals surface area (Å²) >= 11 is 0.